The number of hydrogen-bond acceptors (Lipinski definition) is 6. The van der Waals surface area contributed by atoms with Crippen molar-refractivity contribution in [1.29, 1.82) is 0 Å². The summed E-state index contributed by atoms with van der Waals surface area (Å²) in [4.78, 5) is 18.3. The highest BCUT2D eigenvalue weighted by Crippen LogP contribution is 2.38. The van der Waals surface area contributed by atoms with Gasteiger partial charge >= 0.3 is 5.69 Å². The lowest BCUT2D eigenvalue weighted by atomic mass is 10.1. The average Bonchev–Trinajstić information content (AvgIpc) is 2.91. The summed E-state index contributed by atoms with van der Waals surface area (Å²) in [6.07, 6.45) is -0.147. The van der Waals surface area contributed by atoms with E-state index in [9.17, 15) is 9.18 Å². The van der Waals surface area contributed by atoms with E-state index in [4.69, 9.17) is 20.4 Å². The normalized spacial score (nSPS) is 23.7. The van der Waals surface area contributed by atoms with Crippen molar-refractivity contribution in [2.75, 3.05) is 12.3 Å². The third-order valence-corrected chi connectivity index (χ3v) is 9.56. The molecular formula is C15H25FN6O3Si. The van der Waals surface area contributed by atoms with Crippen LogP contribution in [-0.2, 0) is 9.16 Å². The van der Waals surface area contributed by atoms with Gasteiger partial charge in [0.25, 0.3) is 0 Å². The van der Waals surface area contributed by atoms with Crippen molar-refractivity contribution in [2.24, 2.45) is 5.11 Å². The molecule has 1 aromatic heterocycles. The lowest BCUT2D eigenvalue weighted by molar-refractivity contribution is -0.0249. The van der Waals surface area contributed by atoms with E-state index >= 15 is 0 Å². The monoisotopic (exact) mass is 384 g/mol. The van der Waals surface area contributed by atoms with Gasteiger partial charge in [-0.25, -0.2) is 9.18 Å². The molecule has 0 spiro atoms. The SMILES string of the molecule is CC(C)(C)[Si](C)(C)OC[C@H]1O[C@@H](n2cc(F)c(N)nc2=O)C[C@H]1N=[N+]=[N-]. The maximum Gasteiger partial charge on any atom is 0.351 e. The Morgan fingerprint density at radius 3 is 2.81 bits per heavy atom. The van der Waals surface area contributed by atoms with E-state index in [1.165, 1.54) is 0 Å². The predicted molar refractivity (Wildman–Crippen MR) is 97.5 cm³/mol. The van der Waals surface area contributed by atoms with Crippen LogP contribution in [0.5, 0.6) is 0 Å². The second kappa shape index (κ2) is 7.35. The highest BCUT2D eigenvalue weighted by atomic mass is 28.4. The number of nitrogens with zero attached hydrogens (tertiary/aromatic N) is 5. The van der Waals surface area contributed by atoms with Crippen LogP contribution in [0.15, 0.2) is 16.1 Å². The molecule has 11 heteroatoms. The van der Waals surface area contributed by atoms with Crippen LogP contribution >= 0.6 is 0 Å². The van der Waals surface area contributed by atoms with E-state index in [1.807, 2.05) is 0 Å². The molecule has 0 bridgehead atoms. The van der Waals surface area contributed by atoms with Crippen molar-refractivity contribution >= 4 is 14.1 Å². The minimum atomic E-state index is -2.03. The van der Waals surface area contributed by atoms with Crippen LogP contribution in [0.2, 0.25) is 18.1 Å². The maximum atomic E-state index is 13.7. The molecule has 1 saturated heterocycles. The van der Waals surface area contributed by atoms with Crippen LogP contribution in [0.1, 0.15) is 33.4 Å². The molecular weight excluding hydrogens is 359 g/mol. The molecule has 2 heterocycles. The molecule has 1 aliphatic heterocycles. The summed E-state index contributed by atoms with van der Waals surface area (Å²) in [5.74, 6) is -1.27. The van der Waals surface area contributed by atoms with E-state index < -0.39 is 44.0 Å². The second-order valence-electron chi connectivity index (χ2n) is 7.87. The Labute approximate surface area is 152 Å². The van der Waals surface area contributed by atoms with Gasteiger partial charge in [0, 0.05) is 11.3 Å². The van der Waals surface area contributed by atoms with Gasteiger partial charge in [-0.15, -0.1) is 0 Å². The lowest BCUT2D eigenvalue weighted by Gasteiger charge is -2.37. The molecule has 2 rings (SSSR count). The molecule has 1 aliphatic rings. The summed E-state index contributed by atoms with van der Waals surface area (Å²) in [6, 6.07) is -0.526. The molecule has 0 saturated carbocycles. The Bertz CT molecular complexity index is 772. The van der Waals surface area contributed by atoms with Crippen molar-refractivity contribution in [1.82, 2.24) is 9.55 Å². The number of nitrogens with two attached hydrogens (primary N) is 1. The molecule has 3 atom stereocenters. The molecule has 2 N–H and O–H groups in total. The quantitative estimate of drug-likeness (QED) is 0.361. The van der Waals surface area contributed by atoms with Gasteiger partial charge in [0.1, 0.15) is 6.23 Å². The molecule has 1 aromatic rings. The lowest BCUT2D eigenvalue weighted by Crippen LogP contribution is -2.43. The highest BCUT2D eigenvalue weighted by molar-refractivity contribution is 6.74. The first-order valence-corrected chi connectivity index (χ1v) is 11.2. The standard InChI is InChI=1S/C15H25FN6O3Si/c1-15(2,3)26(4,5)24-8-11-10(20-21-18)6-12(25-11)22-7-9(16)13(17)19-14(22)23/h7,10-12H,6,8H2,1-5H3,(H2,17,19,23)/t10-,11-,12-/m1/s1. The summed E-state index contributed by atoms with van der Waals surface area (Å²) in [6.45, 7) is 10.8. The first-order chi connectivity index (χ1) is 12.0. The van der Waals surface area contributed by atoms with Crippen LogP contribution in [0, 0.1) is 5.82 Å². The zero-order chi connectivity index (χ0) is 19.7. The Morgan fingerprint density at radius 1 is 1.58 bits per heavy atom. The minimum Gasteiger partial charge on any atom is -0.414 e. The first kappa shape index (κ1) is 20.4. The van der Waals surface area contributed by atoms with Gasteiger partial charge in [0.05, 0.1) is 24.9 Å². The molecule has 1 fully saturated rings. The average molecular weight is 384 g/mol. The van der Waals surface area contributed by atoms with Crippen LogP contribution in [0.25, 0.3) is 10.4 Å². The summed E-state index contributed by atoms with van der Waals surface area (Å²) >= 11 is 0. The van der Waals surface area contributed by atoms with Gasteiger partial charge in [-0.3, -0.25) is 4.57 Å². The van der Waals surface area contributed by atoms with Crippen molar-refractivity contribution in [3.63, 3.8) is 0 Å². The Hall–Kier alpha value is -1.94. The fourth-order valence-electron chi connectivity index (χ4n) is 2.39. The second-order valence-corrected chi connectivity index (χ2v) is 12.7. The summed E-state index contributed by atoms with van der Waals surface area (Å²) in [5, 5.41) is 3.76. The van der Waals surface area contributed by atoms with Crippen molar-refractivity contribution < 1.29 is 13.6 Å². The number of aromatic nitrogens is 2. The Kier molecular flexibility index (Phi) is 5.76. The number of nitrogen functional groups attached to an aromatic ring is 1. The zero-order valence-electron chi connectivity index (χ0n) is 15.6. The van der Waals surface area contributed by atoms with E-state index in [1.54, 1.807) is 0 Å². The summed E-state index contributed by atoms with van der Waals surface area (Å²) in [7, 11) is -2.03. The summed E-state index contributed by atoms with van der Waals surface area (Å²) < 4.78 is 26.7. The van der Waals surface area contributed by atoms with Gasteiger partial charge in [0.15, 0.2) is 20.0 Å². The van der Waals surface area contributed by atoms with Crippen molar-refractivity contribution in [2.45, 2.75) is 63.7 Å². The van der Waals surface area contributed by atoms with Gasteiger partial charge in [-0.2, -0.15) is 4.98 Å². The fraction of sp³-hybridized carbons (Fsp3) is 0.733. The Morgan fingerprint density at radius 2 is 2.23 bits per heavy atom. The number of azide groups is 1. The van der Waals surface area contributed by atoms with E-state index in [0.29, 0.717) is 0 Å². The number of halogens is 1. The fourth-order valence-corrected chi connectivity index (χ4v) is 3.41. The molecule has 0 unspecified atom stereocenters. The molecule has 0 amide bonds. The number of rotatable bonds is 5. The van der Waals surface area contributed by atoms with E-state index in [2.05, 4.69) is 48.9 Å². The summed E-state index contributed by atoms with van der Waals surface area (Å²) in [5.41, 5.74) is 13.4. The maximum absolute atomic E-state index is 13.7. The van der Waals surface area contributed by atoms with Crippen LogP contribution < -0.4 is 11.4 Å². The molecule has 0 aromatic carbocycles. The van der Waals surface area contributed by atoms with E-state index in [-0.39, 0.29) is 18.1 Å². The third kappa shape index (κ3) is 4.23. The third-order valence-electron chi connectivity index (χ3n) is 5.06. The minimum absolute atomic E-state index is 0.0138. The molecule has 144 valence electrons. The van der Waals surface area contributed by atoms with Gasteiger partial charge in [0.2, 0.25) is 0 Å². The number of ether oxygens (including phenoxy) is 1. The smallest absolute Gasteiger partial charge is 0.351 e. The van der Waals surface area contributed by atoms with Gasteiger partial charge < -0.3 is 14.9 Å². The van der Waals surface area contributed by atoms with E-state index in [0.717, 1.165) is 10.8 Å². The molecule has 0 aliphatic carbocycles. The zero-order valence-corrected chi connectivity index (χ0v) is 16.6. The van der Waals surface area contributed by atoms with Crippen molar-refractivity contribution in [3.05, 3.63) is 32.9 Å². The van der Waals surface area contributed by atoms with Gasteiger partial charge in [-0.05, 0) is 23.7 Å². The molecule has 26 heavy (non-hydrogen) atoms. The topological polar surface area (TPSA) is 128 Å². The van der Waals surface area contributed by atoms with Gasteiger partial charge in [-0.1, -0.05) is 25.9 Å². The number of anilines is 1. The van der Waals surface area contributed by atoms with Crippen LogP contribution in [0.3, 0.4) is 0 Å². The van der Waals surface area contributed by atoms with Crippen LogP contribution in [0.4, 0.5) is 10.2 Å². The number of hydrogen-bond donors (Lipinski definition) is 1. The van der Waals surface area contributed by atoms with Crippen LogP contribution in [-0.4, -0.2) is 36.6 Å². The van der Waals surface area contributed by atoms with Crippen molar-refractivity contribution in [3.8, 4) is 0 Å². The predicted octanol–water partition coefficient (Wildman–Crippen LogP) is 2.95. The Balaban J connectivity index is 2.20. The first-order valence-electron chi connectivity index (χ1n) is 8.34. The highest BCUT2D eigenvalue weighted by Gasteiger charge is 2.41. The molecule has 9 nitrogen and oxygen atoms in total. The molecule has 0 radical (unpaired) electrons. The largest absolute Gasteiger partial charge is 0.414 e.